The number of carbonyl (C=O) groups excluding carboxylic acids is 1. The summed E-state index contributed by atoms with van der Waals surface area (Å²) in [5.74, 6) is 4.20. The van der Waals surface area contributed by atoms with Crippen molar-refractivity contribution >= 4 is 33.7 Å². The highest BCUT2D eigenvalue weighted by atomic mass is 32.2. The van der Waals surface area contributed by atoms with Crippen LogP contribution in [0.2, 0.25) is 0 Å². The number of carbonyl (C=O) groups is 2. The summed E-state index contributed by atoms with van der Waals surface area (Å²) < 4.78 is 37.8. The molecule has 0 bridgehead atoms. The topological polar surface area (TPSA) is 110 Å². The first-order valence-corrected chi connectivity index (χ1v) is 12.8. The molecule has 1 N–H and O–H groups in total. The Kier molecular flexibility index (Phi) is 8.49. The Bertz CT molecular complexity index is 1030. The minimum atomic E-state index is -4.17. The summed E-state index contributed by atoms with van der Waals surface area (Å²) in [4.78, 5) is 24.5. The maximum atomic E-state index is 13.5. The van der Waals surface area contributed by atoms with Gasteiger partial charge in [-0.3, -0.25) is 9.59 Å². The van der Waals surface area contributed by atoms with Gasteiger partial charge in [-0.2, -0.15) is 4.31 Å². The van der Waals surface area contributed by atoms with Crippen LogP contribution in [0.5, 0.6) is 5.75 Å². The van der Waals surface area contributed by atoms with E-state index in [2.05, 4.69) is 11.8 Å². The largest absolute Gasteiger partial charge is 0.481 e. The molecule has 0 spiro atoms. The molecule has 10 heteroatoms. The zero-order valence-electron chi connectivity index (χ0n) is 19.7. The number of sulfonamides is 1. The predicted molar refractivity (Wildman–Crippen MR) is 127 cm³/mol. The van der Waals surface area contributed by atoms with Gasteiger partial charge in [0.05, 0.1) is 11.3 Å². The lowest BCUT2D eigenvalue weighted by Crippen LogP contribution is -2.60. The zero-order valence-corrected chi connectivity index (χ0v) is 21.4. The highest BCUT2D eigenvalue weighted by Gasteiger charge is 2.51. The van der Waals surface area contributed by atoms with Crippen molar-refractivity contribution in [2.75, 3.05) is 13.2 Å². The first kappa shape index (κ1) is 27.0. The van der Waals surface area contributed by atoms with E-state index in [4.69, 9.17) is 9.47 Å². The number of hydrogen-bond donors (Lipinski definition) is 1. The van der Waals surface area contributed by atoms with E-state index in [0.29, 0.717) is 5.75 Å². The average Bonchev–Trinajstić information content (AvgIpc) is 2.65. The number of ether oxygens (including phenoxy) is 2. The van der Waals surface area contributed by atoms with Crippen LogP contribution >= 0.6 is 11.8 Å². The van der Waals surface area contributed by atoms with Crippen LogP contribution < -0.4 is 4.74 Å². The summed E-state index contributed by atoms with van der Waals surface area (Å²) in [6.07, 6.45) is -0.0328. The number of rotatable bonds is 7. The van der Waals surface area contributed by atoms with E-state index in [9.17, 15) is 23.1 Å². The van der Waals surface area contributed by atoms with Crippen LogP contribution in [-0.2, 0) is 24.3 Å². The maximum absolute atomic E-state index is 13.5. The molecule has 0 radical (unpaired) electrons. The first-order valence-electron chi connectivity index (χ1n) is 10.4. The molecule has 1 aromatic rings. The molecule has 2 rings (SSSR count). The third kappa shape index (κ3) is 7.13. The number of carboxylic acid groups (broad SMARTS) is 1. The van der Waals surface area contributed by atoms with Gasteiger partial charge >= 0.3 is 11.9 Å². The molecular formula is C23H31NO7S2. The highest BCUT2D eigenvalue weighted by Crippen LogP contribution is 2.43. The van der Waals surface area contributed by atoms with Crippen molar-refractivity contribution < 1.29 is 32.6 Å². The van der Waals surface area contributed by atoms with Crippen LogP contribution in [0.1, 0.15) is 48.0 Å². The van der Waals surface area contributed by atoms with Crippen LogP contribution in [0.25, 0.3) is 0 Å². The van der Waals surface area contributed by atoms with Crippen LogP contribution in [0, 0.1) is 11.8 Å². The van der Waals surface area contributed by atoms with Gasteiger partial charge in [-0.15, -0.1) is 17.7 Å². The molecular weight excluding hydrogens is 466 g/mol. The van der Waals surface area contributed by atoms with Gasteiger partial charge in [0.25, 0.3) is 0 Å². The SMILES string of the molecule is CC#CCOc1ccc(S(=O)(=O)N2C[C@H](CC(=O)OC(C)(C)C)SC(C)(C)[C@@H]2C(=O)O)cc1. The number of esters is 1. The van der Waals surface area contributed by atoms with Gasteiger partial charge in [0.2, 0.25) is 10.0 Å². The highest BCUT2D eigenvalue weighted by molar-refractivity contribution is 8.01. The Morgan fingerprint density at radius 2 is 1.85 bits per heavy atom. The molecule has 1 aliphatic rings. The van der Waals surface area contributed by atoms with Crippen molar-refractivity contribution in [3.05, 3.63) is 24.3 Å². The number of benzene rings is 1. The van der Waals surface area contributed by atoms with Crippen molar-refractivity contribution in [2.24, 2.45) is 0 Å². The molecule has 1 aliphatic heterocycles. The zero-order chi connectivity index (χ0) is 25.0. The Balaban J connectivity index is 2.34. The lowest BCUT2D eigenvalue weighted by atomic mass is 10.0. The summed E-state index contributed by atoms with van der Waals surface area (Å²) >= 11 is 1.29. The Morgan fingerprint density at radius 3 is 2.36 bits per heavy atom. The molecule has 33 heavy (non-hydrogen) atoms. The second-order valence-electron chi connectivity index (χ2n) is 9.14. The average molecular weight is 498 g/mol. The minimum absolute atomic E-state index is 0.0328. The van der Waals surface area contributed by atoms with Gasteiger partial charge in [0.15, 0.2) is 0 Å². The van der Waals surface area contributed by atoms with Gasteiger partial charge in [-0.1, -0.05) is 5.92 Å². The number of nitrogens with zero attached hydrogens (tertiary/aromatic N) is 1. The molecule has 1 fully saturated rings. The fraction of sp³-hybridized carbons (Fsp3) is 0.565. The monoisotopic (exact) mass is 497 g/mol. The maximum Gasteiger partial charge on any atom is 0.323 e. The van der Waals surface area contributed by atoms with Crippen LogP contribution in [0.15, 0.2) is 29.2 Å². The summed E-state index contributed by atoms with van der Waals surface area (Å²) in [7, 11) is -4.17. The van der Waals surface area contributed by atoms with E-state index < -0.39 is 43.6 Å². The Morgan fingerprint density at radius 1 is 1.24 bits per heavy atom. The van der Waals surface area contributed by atoms with E-state index in [1.807, 2.05) is 0 Å². The summed E-state index contributed by atoms with van der Waals surface area (Å²) in [6, 6.07) is 4.45. The quantitative estimate of drug-likeness (QED) is 0.452. The molecule has 1 heterocycles. The third-order valence-corrected chi connectivity index (χ3v) is 8.09. The Hall–Kier alpha value is -2.22. The van der Waals surface area contributed by atoms with Gasteiger partial charge in [-0.25, -0.2) is 8.42 Å². The standard InChI is InChI=1S/C23H31NO7S2/c1-7-8-13-30-16-9-11-18(12-10-16)33(28,29)24-15-17(14-19(25)31-22(2,3)4)32-23(5,6)20(24)21(26)27/h9-12,17,20H,13-15H2,1-6H3,(H,26,27)/t17-,20-/m0/s1. The lowest BCUT2D eigenvalue weighted by Gasteiger charge is -2.45. The number of thioether (sulfide) groups is 1. The molecule has 0 saturated carbocycles. The van der Waals surface area contributed by atoms with Crippen molar-refractivity contribution in [3.63, 3.8) is 0 Å². The second kappa shape index (κ2) is 10.4. The van der Waals surface area contributed by atoms with Crippen LogP contribution in [0.3, 0.4) is 0 Å². The summed E-state index contributed by atoms with van der Waals surface area (Å²) in [5, 5.41) is 9.43. The third-order valence-electron chi connectivity index (χ3n) is 4.77. The van der Waals surface area contributed by atoms with Gasteiger partial charge in [-0.05, 0) is 65.8 Å². The summed E-state index contributed by atoms with van der Waals surface area (Å²) in [6.45, 7) is 10.3. The predicted octanol–water partition coefficient (Wildman–Crippen LogP) is 3.16. The van der Waals surface area contributed by atoms with Crippen molar-refractivity contribution in [1.29, 1.82) is 0 Å². The molecule has 8 nitrogen and oxygen atoms in total. The molecule has 0 aromatic heterocycles. The van der Waals surface area contributed by atoms with E-state index in [1.54, 1.807) is 41.5 Å². The molecule has 0 unspecified atom stereocenters. The second-order valence-corrected chi connectivity index (χ2v) is 13.0. The Labute approximate surface area is 200 Å². The molecule has 0 amide bonds. The van der Waals surface area contributed by atoms with E-state index in [1.165, 1.54) is 36.0 Å². The molecule has 182 valence electrons. The van der Waals surface area contributed by atoms with Gasteiger partial charge in [0, 0.05) is 16.5 Å². The fourth-order valence-corrected chi connectivity index (χ4v) is 7.14. The minimum Gasteiger partial charge on any atom is -0.481 e. The van der Waals surface area contributed by atoms with Crippen molar-refractivity contribution in [1.82, 2.24) is 4.31 Å². The molecule has 1 saturated heterocycles. The molecule has 0 aliphatic carbocycles. The van der Waals surface area contributed by atoms with Crippen LogP contribution in [-0.4, -0.2) is 64.6 Å². The van der Waals surface area contributed by atoms with E-state index in [0.717, 1.165) is 4.31 Å². The lowest BCUT2D eigenvalue weighted by molar-refractivity contribution is -0.154. The van der Waals surface area contributed by atoms with Gasteiger partial charge in [0.1, 0.15) is 24.0 Å². The molecule has 1 aromatic carbocycles. The molecule has 2 atom stereocenters. The van der Waals surface area contributed by atoms with Crippen LogP contribution in [0.4, 0.5) is 0 Å². The van der Waals surface area contributed by atoms with Crippen molar-refractivity contribution in [3.8, 4) is 17.6 Å². The first-order chi connectivity index (χ1) is 15.2. The van der Waals surface area contributed by atoms with E-state index >= 15 is 0 Å². The summed E-state index contributed by atoms with van der Waals surface area (Å²) in [5.41, 5.74) is -0.673. The number of carboxylic acids is 1. The number of hydrogen-bond acceptors (Lipinski definition) is 7. The van der Waals surface area contributed by atoms with Gasteiger partial charge < -0.3 is 14.6 Å². The van der Waals surface area contributed by atoms with E-state index in [-0.39, 0.29) is 24.5 Å². The normalized spacial score (nSPS) is 20.9. The van der Waals surface area contributed by atoms with Crippen molar-refractivity contribution in [2.45, 2.75) is 74.5 Å². The number of aliphatic carboxylic acids is 1. The fourth-order valence-electron chi connectivity index (χ4n) is 3.55. The smallest absolute Gasteiger partial charge is 0.323 e.